The van der Waals surface area contributed by atoms with E-state index in [9.17, 15) is 9.90 Å². The average Bonchev–Trinajstić information content (AvgIpc) is 2.18. The van der Waals surface area contributed by atoms with Crippen molar-refractivity contribution in [2.24, 2.45) is 5.41 Å². The SMILES string of the molecule is CC(C)(C)C(=O)[O-].COc1cc[c]([Zn+])cc1. The molecule has 0 unspecified atom stereocenters. The number of carboxylic acids is 1. The van der Waals surface area contributed by atoms with Crippen LogP contribution in [0.3, 0.4) is 0 Å². The van der Waals surface area contributed by atoms with Gasteiger partial charge in [0.1, 0.15) is 0 Å². The molecule has 3 nitrogen and oxygen atoms in total. The topological polar surface area (TPSA) is 49.4 Å². The number of ether oxygens (including phenoxy) is 1. The van der Waals surface area contributed by atoms with E-state index in [-0.39, 0.29) is 0 Å². The van der Waals surface area contributed by atoms with E-state index >= 15 is 0 Å². The maximum absolute atomic E-state index is 9.91. The van der Waals surface area contributed by atoms with Gasteiger partial charge in [-0.1, -0.05) is 20.8 Å². The molecule has 0 spiro atoms. The zero-order valence-corrected chi connectivity index (χ0v) is 13.2. The van der Waals surface area contributed by atoms with E-state index in [2.05, 4.69) is 12.1 Å². The fraction of sp³-hybridized carbons (Fsp3) is 0.417. The van der Waals surface area contributed by atoms with Crippen LogP contribution < -0.4 is 14.0 Å². The number of carboxylic acid groups (broad SMARTS) is 1. The summed E-state index contributed by atoms with van der Waals surface area (Å²) in [4.78, 5) is 9.91. The summed E-state index contributed by atoms with van der Waals surface area (Å²) in [6.07, 6.45) is 0. The van der Waals surface area contributed by atoms with Gasteiger partial charge in [-0.15, -0.1) is 0 Å². The van der Waals surface area contributed by atoms with Gasteiger partial charge in [0.2, 0.25) is 0 Å². The van der Waals surface area contributed by atoms with Gasteiger partial charge in [-0.2, -0.15) is 0 Å². The minimum atomic E-state index is -1.01. The van der Waals surface area contributed by atoms with Crippen molar-refractivity contribution in [1.29, 1.82) is 0 Å². The van der Waals surface area contributed by atoms with Crippen LogP contribution in [0, 0.1) is 5.41 Å². The summed E-state index contributed by atoms with van der Waals surface area (Å²) in [7, 11) is 1.68. The van der Waals surface area contributed by atoms with Gasteiger partial charge in [-0.3, -0.25) is 0 Å². The van der Waals surface area contributed by atoms with Crippen molar-refractivity contribution in [3.05, 3.63) is 24.3 Å². The van der Waals surface area contributed by atoms with Gasteiger partial charge < -0.3 is 9.90 Å². The maximum atomic E-state index is 9.91. The Labute approximate surface area is 106 Å². The summed E-state index contributed by atoms with van der Waals surface area (Å²) < 4.78 is 6.37. The second kappa shape index (κ2) is 6.64. The molecule has 0 N–H and O–H groups in total. The minimum absolute atomic E-state index is 0.694. The first-order valence-corrected chi connectivity index (χ1v) is 6.43. The van der Waals surface area contributed by atoms with E-state index in [1.807, 2.05) is 12.1 Å². The molecule has 0 aromatic heterocycles. The van der Waals surface area contributed by atoms with Crippen molar-refractivity contribution >= 4 is 10.1 Å². The predicted molar refractivity (Wildman–Crippen MR) is 57.1 cm³/mol. The Morgan fingerprint density at radius 1 is 1.25 bits per heavy atom. The van der Waals surface area contributed by atoms with Crippen LogP contribution >= 0.6 is 0 Å². The molecular weight excluding hydrogens is 258 g/mol. The van der Waals surface area contributed by atoms with Crippen molar-refractivity contribution in [3.63, 3.8) is 0 Å². The fourth-order valence-electron chi connectivity index (χ4n) is 0.626. The van der Waals surface area contributed by atoms with Crippen molar-refractivity contribution in [2.45, 2.75) is 20.8 Å². The number of rotatable bonds is 1. The van der Waals surface area contributed by atoms with Gasteiger partial charge in [0, 0.05) is 11.4 Å². The molecule has 0 aliphatic carbocycles. The van der Waals surface area contributed by atoms with Crippen LogP contribution in [0.15, 0.2) is 24.3 Å². The predicted octanol–water partition coefficient (Wildman–Crippen LogP) is 0.650. The Kier molecular flexibility index (Phi) is 6.28. The van der Waals surface area contributed by atoms with Gasteiger partial charge in [-0.05, 0) is 0 Å². The molecular formula is C12H16O3Zn. The molecule has 0 aliphatic heterocycles. The second-order valence-electron chi connectivity index (χ2n) is 4.39. The molecule has 0 bridgehead atoms. The van der Waals surface area contributed by atoms with Crippen molar-refractivity contribution in [2.75, 3.05) is 7.11 Å². The molecule has 1 aromatic rings. The Morgan fingerprint density at radius 2 is 1.62 bits per heavy atom. The van der Waals surface area contributed by atoms with Gasteiger partial charge in [-0.25, -0.2) is 0 Å². The van der Waals surface area contributed by atoms with E-state index in [4.69, 9.17) is 4.74 Å². The van der Waals surface area contributed by atoms with Gasteiger partial charge in [0.05, 0.1) is 0 Å². The van der Waals surface area contributed by atoms with Crippen LogP contribution in [0.2, 0.25) is 0 Å². The van der Waals surface area contributed by atoms with Crippen LogP contribution in [-0.4, -0.2) is 13.1 Å². The van der Waals surface area contributed by atoms with E-state index in [1.165, 1.54) is 22.5 Å². The third-order valence-electron chi connectivity index (χ3n) is 1.77. The summed E-state index contributed by atoms with van der Waals surface area (Å²) in [5.41, 5.74) is -0.694. The van der Waals surface area contributed by atoms with Crippen LogP contribution in [0.5, 0.6) is 5.75 Å². The molecule has 0 saturated heterocycles. The number of carbonyl (C=O) groups is 1. The average molecular weight is 274 g/mol. The van der Waals surface area contributed by atoms with Crippen molar-refractivity contribution < 1.29 is 32.9 Å². The van der Waals surface area contributed by atoms with Crippen molar-refractivity contribution in [1.82, 2.24) is 0 Å². The Bertz CT molecular complexity index is 325. The molecule has 0 aliphatic rings. The number of hydrogen-bond acceptors (Lipinski definition) is 3. The quantitative estimate of drug-likeness (QED) is 0.706. The molecule has 84 valence electrons. The third-order valence-corrected chi connectivity index (χ3v) is 2.76. The summed E-state index contributed by atoms with van der Waals surface area (Å²) in [6.45, 7) is 4.80. The molecule has 1 rings (SSSR count). The number of benzene rings is 1. The van der Waals surface area contributed by atoms with Gasteiger partial charge in [0.15, 0.2) is 0 Å². The second-order valence-corrected chi connectivity index (χ2v) is 6.10. The third kappa shape index (κ3) is 6.57. The fourth-order valence-corrected chi connectivity index (χ4v) is 1.12. The van der Waals surface area contributed by atoms with E-state index in [0.29, 0.717) is 0 Å². The van der Waals surface area contributed by atoms with Crippen LogP contribution in [0.25, 0.3) is 0 Å². The number of methoxy groups -OCH3 is 1. The Morgan fingerprint density at radius 3 is 1.88 bits per heavy atom. The van der Waals surface area contributed by atoms with Crippen LogP contribution in [0.1, 0.15) is 20.8 Å². The molecule has 16 heavy (non-hydrogen) atoms. The molecule has 0 heterocycles. The standard InChI is InChI=1S/C7H7O.C5H10O2.Zn/c1-8-7-5-3-2-4-6-7;1-5(2,3)4(6)7;/h3-6H,1H3;1-3H3,(H,6,7);/q;;+1/p-1. The van der Waals surface area contributed by atoms with Crippen molar-refractivity contribution in [3.8, 4) is 5.75 Å². The molecule has 0 amide bonds. The molecule has 0 saturated carbocycles. The Hall–Kier alpha value is -0.887. The first-order valence-electron chi connectivity index (χ1n) is 4.95. The number of aliphatic carboxylic acids is 1. The molecule has 1 aromatic carbocycles. The van der Waals surface area contributed by atoms with Gasteiger partial charge in [0.25, 0.3) is 0 Å². The molecule has 0 atom stereocenters. The normalized spacial score (nSPS) is 10.1. The van der Waals surface area contributed by atoms with E-state index in [1.54, 1.807) is 27.9 Å². The molecule has 0 fully saturated rings. The summed E-state index contributed by atoms with van der Waals surface area (Å²) in [5.74, 6) is -0.0697. The van der Waals surface area contributed by atoms with Gasteiger partial charge >= 0.3 is 64.3 Å². The summed E-state index contributed by atoms with van der Waals surface area (Å²) in [6, 6.07) is 8.13. The Balaban J connectivity index is 0.000000293. The van der Waals surface area contributed by atoms with Crippen LogP contribution in [0.4, 0.5) is 0 Å². The molecule has 0 radical (unpaired) electrons. The molecule has 4 heteroatoms. The number of carbonyl (C=O) groups excluding carboxylic acids is 1. The monoisotopic (exact) mass is 272 g/mol. The zero-order chi connectivity index (χ0) is 12.8. The number of hydrogen-bond donors (Lipinski definition) is 0. The van der Waals surface area contributed by atoms with E-state index < -0.39 is 11.4 Å². The first-order chi connectivity index (χ1) is 7.27. The summed E-state index contributed by atoms with van der Waals surface area (Å²) >= 11 is 1.21. The van der Waals surface area contributed by atoms with E-state index in [0.717, 1.165) is 5.75 Å². The first kappa shape index (κ1) is 15.1. The zero-order valence-electron chi connectivity index (χ0n) is 10.2. The summed E-state index contributed by atoms with van der Waals surface area (Å²) in [5, 5.41) is 9.91. The van der Waals surface area contributed by atoms with Crippen LogP contribution in [-0.2, 0) is 23.1 Å².